The molecule has 0 bridgehead atoms. The SMILES string of the molecule is Cn1cc([C@H]2C[C@@H](c3nc(-c4ccc(Cl)cc4)c4nc(C(F)(F)F)n(C)c(=O)c4n3)CCO2)cn1. The lowest BCUT2D eigenvalue weighted by Gasteiger charge is -2.28. The standard InChI is InChI=1S/C23H20ClF3N6O2/c1-32-11-14(10-28-32)16-9-13(7-8-35-16)20-29-17(12-3-5-15(24)6-4-12)18-19(30-20)21(34)33(2)22(31-18)23(25,26)27/h3-6,10-11,13,16H,7-9H2,1-2H3/t13-,16+/m0/s1. The second-order valence-electron chi connectivity index (χ2n) is 8.46. The van der Waals surface area contributed by atoms with Gasteiger partial charge in [-0.05, 0) is 25.0 Å². The second-order valence-corrected chi connectivity index (χ2v) is 8.90. The van der Waals surface area contributed by atoms with Crippen LogP contribution in [-0.2, 0) is 25.0 Å². The van der Waals surface area contributed by atoms with Crippen molar-refractivity contribution in [3.05, 3.63) is 69.2 Å². The maximum Gasteiger partial charge on any atom is 0.449 e. The molecule has 1 aliphatic rings. The van der Waals surface area contributed by atoms with Crippen LogP contribution in [0.2, 0.25) is 5.02 Å². The number of aromatic nitrogens is 6. The summed E-state index contributed by atoms with van der Waals surface area (Å²) in [6.07, 6.45) is -0.343. The molecule has 1 fully saturated rings. The van der Waals surface area contributed by atoms with Crippen LogP contribution in [0.1, 0.15) is 42.1 Å². The third-order valence-electron chi connectivity index (χ3n) is 6.06. The average molecular weight is 505 g/mol. The summed E-state index contributed by atoms with van der Waals surface area (Å²) >= 11 is 6.01. The Bertz CT molecular complexity index is 1470. The smallest absolute Gasteiger partial charge is 0.373 e. The van der Waals surface area contributed by atoms with Gasteiger partial charge in [-0.2, -0.15) is 18.3 Å². The van der Waals surface area contributed by atoms with E-state index in [1.54, 1.807) is 35.1 Å². The molecule has 2 atom stereocenters. The molecule has 0 N–H and O–H groups in total. The highest BCUT2D eigenvalue weighted by Gasteiger charge is 2.37. The van der Waals surface area contributed by atoms with Crippen LogP contribution in [-0.4, -0.2) is 35.9 Å². The number of aryl methyl sites for hydroxylation is 1. The first kappa shape index (κ1) is 23.4. The van der Waals surface area contributed by atoms with E-state index in [-0.39, 0.29) is 28.7 Å². The van der Waals surface area contributed by atoms with Crippen LogP contribution in [0, 0.1) is 0 Å². The number of halogens is 4. The predicted molar refractivity (Wildman–Crippen MR) is 122 cm³/mol. The molecular formula is C23H20ClF3N6O2. The number of fused-ring (bicyclic) bond motifs is 1. The normalized spacial score (nSPS) is 18.8. The van der Waals surface area contributed by atoms with Crippen LogP contribution in [0.3, 0.4) is 0 Å². The highest BCUT2D eigenvalue weighted by Crippen LogP contribution is 2.38. The van der Waals surface area contributed by atoms with E-state index in [1.807, 2.05) is 13.2 Å². The predicted octanol–water partition coefficient (Wildman–Crippen LogP) is 4.43. The number of nitrogens with zero attached hydrogens (tertiary/aromatic N) is 6. The molecule has 4 heterocycles. The lowest BCUT2D eigenvalue weighted by atomic mass is 9.92. The summed E-state index contributed by atoms with van der Waals surface area (Å²) < 4.78 is 48.9. The zero-order valence-corrected chi connectivity index (χ0v) is 19.5. The molecule has 8 nitrogen and oxygen atoms in total. The molecule has 3 aromatic heterocycles. The van der Waals surface area contributed by atoms with Crippen molar-refractivity contribution in [1.29, 1.82) is 0 Å². The Morgan fingerprint density at radius 3 is 2.49 bits per heavy atom. The fraction of sp³-hybridized carbons (Fsp3) is 0.348. The third-order valence-corrected chi connectivity index (χ3v) is 6.31. The Balaban J connectivity index is 1.68. The fourth-order valence-corrected chi connectivity index (χ4v) is 4.40. The summed E-state index contributed by atoms with van der Waals surface area (Å²) in [5.41, 5.74) is 0.268. The first-order chi connectivity index (χ1) is 16.6. The van der Waals surface area contributed by atoms with Gasteiger partial charge in [-0.25, -0.2) is 15.0 Å². The Kier molecular flexibility index (Phi) is 5.84. The molecule has 12 heteroatoms. The summed E-state index contributed by atoms with van der Waals surface area (Å²) in [7, 11) is 2.85. The quantitative estimate of drug-likeness (QED) is 0.410. The maximum atomic E-state index is 13.6. The Morgan fingerprint density at radius 1 is 1.09 bits per heavy atom. The lowest BCUT2D eigenvalue weighted by molar-refractivity contribution is -0.147. The van der Waals surface area contributed by atoms with Crippen molar-refractivity contribution in [2.45, 2.75) is 31.0 Å². The maximum absolute atomic E-state index is 13.6. The van der Waals surface area contributed by atoms with Crippen LogP contribution < -0.4 is 5.56 Å². The Hall–Kier alpha value is -3.31. The fourth-order valence-electron chi connectivity index (χ4n) is 4.28. The number of alkyl halides is 3. The molecule has 0 unspecified atom stereocenters. The van der Waals surface area contributed by atoms with Crippen molar-refractivity contribution in [3.8, 4) is 11.3 Å². The van der Waals surface area contributed by atoms with Gasteiger partial charge < -0.3 is 4.74 Å². The molecule has 4 aromatic rings. The Labute approximate surface area is 202 Å². The minimum absolute atomic E-state index is 0.147. The summed E-state index contributed by atoms with van der Waals surface area (Å²) in [5, 5.41) is 4.65. The van der Waals surface area contributed by atoms with E-state index in [0.29, 0.717) is 40.4 Å². The topological polar surface area (TPSA) is 87.7 Å². The van der Waals surface area contributed by atoms with E-state index in [1.165, 1.54) is 0 Å². The van der Waals surface area contributed by atoms with Crippen LogP contribution >= 0.6 is 11.6 Å². The number of hydrogen-bond donors (Lipinski definition) is 0. The molecule has 1 aromatic carbocycles. The number of rotatable bonds is 3. The molecule has 5 rings (SSSR count). The van der Waals surface area contributed by atoms with Gasteiger partial charge in [0, 0.05) is 49.0 Å². The van der Waals surface area contributed by atoms with E-state index in [4.69, 9.17) is 16.3 Å². The molecule has 0 aliphatic carbocycles. The van der Waals surface area contributed by atoms with Crippen LogP contribution in [0.5, 0.6) is 0 Å². The van der Waals surface area contributed by atoms with Gasteiger partial charge in [-0.15, -0.1) is 0 Å². The summed E-state index contributed by atoms with van der Waals surface area (Å²) in [5.74, 6) is -1.14. The molecule has 0 spiro atoms. The molecule has 182 valence electrons. The molecule has 35 heavy (non-hydrogen) atoms. The van der Waals surface area contributed by atoms with Crippen LogP contribution in [0.4, 0.5) is 13.2 Å². The van der Waals surface area contributed by atoms with Crippen molar-refractivity contribution in [2.24, 2.45) is 14.1 Å². The average Bonchev–Trinajstić information content (AvgIpc) is 3.27. The second kappa shape index (κ2) is 8.72. The van der Waals surface area contributed by atoms with Crippen molar-refractivity contribution < 1.29 is 17.9 Å². The van der Waals surface area contributed by atoms with Gasteiger partial charge in [-0.3, -0.25) is 14.0 Å². The first-order valence-corrected chi connectivity index (χ1v) is 11.2. The van der Waals surface area contributed by atoms with E-state index in [2.05, 4.69) is 20.1 Å². The molecule has 0 radical (unpaired) electrons. The zero-order valence-electron chi connectivity index (χ0n) is 18.8. The number of hydrogen-bond acceptors (Lipinski definition) is 6. The van der Waals surface area contributed by atoms with Gasteiger partial charge in [0.1, 0.15) is 17.0 Å². The van der Waals surface area contributed by atoms with Gasteiger partial charge >= 0.3 is 6.18 Å². The van der Waals surface area contributed by atoms with Gasteiger partial charge in [0.25, 0.3) is 5.56 Å². The van der Waals surface area contributed by atoms with E-state index >= 15 is 0 Å². The van der Waals surface area contributed by atoms with Crippen molar-refractivity contribution in [2.75, 3.05) is 6.61 Å². The van der Waals surface area contributed by atoms with Gasteiger partial charge in [0.05, 0.1) is 12.3 Å². The number of benzene rings is 1. The van der Waals surface area contributed by atoms with Crippen LogP contribution in [0.15, 0.2) is 41.5 Å². The highest BCUT2D eigenvalue weighted by atomic mass is 35.5. The van der Waals surface area contributed by atoms with Crippen molar-refractivity contribution >= 4 is 22.6 Å². The first-order valence-electron chi connectivity index (χ1n) is 10.8. The lowest BCUT2D eigenvalue weighted by Crippen LogP contribution is -2.29. The summed E-state index contributed by atoms with van der Waals surface area (Å²) in [6.45, 7) is 0.436. The molecule has 0 amide bonds. The largest absolute Gasteiger partial charge is 0.449 e. The minimum Gasteiger partial charge on any atom is -0.373 e. The minimum atomic E-state index is -4.82. The van der Waals surface area contributed by atoms with Gasteiger partial charge in [0.15, 0.2) is 5.52 Å². The third kappa shape index (κ3) is 4.41. The Morgan fingerprint density at radius 2 is 1.83 bits per heavy atom. The highest BCUT2D eigenvalue weighted by molar-refractivity contribution is 6.30. The van der Waals surface area contributed by atoms with E-state index < -0.39 is 17.6 Å². The molecular weight excluding hydrogens is 485 g/mol. The molecule has 1 aliphatic heterocycles. The van der Waals surface area contributed by atoms with E-state index in [9.17, 15) is 18.0 Å². The zero-order chi connectivity index (χ0) is 24.9. The van der Waals surface area contributed by atoms with Gasteiger partial charge in [0.2, 0.25) is 5.82 Å². The number of ether oxygens (including phenoxy) is 1. The van der Waals surface area contributed by atoms with E-state index in [0.717, 1.165) is 12.6 Å². The van der Waals surface area contributed by atoms with Gasteiger partial charge in [-0.1, -0.05) is 23.7 Å². The molecule has 1 saturated heterocycles. The van der Waals surface area contributed by atoms with Crippen molar-refractivity contribution in [3.63, 3.8) is 0 Å². The van der Waals surface area contributed by atoms with Crippen LogP contribution in [0.25, 0.3) is 22.3 Å². The monoisotopic (exact) mass is 504 g/mol. The summed E-state index contributed by atoms with van der Waals surface area (Å²) in [4.78, 5) is 25.9. The summed E-state index contributed by atoms with van der Waals surface area (Å²) in [6, 6.07) is 6.46. The molecule has 0 saturated carbocycles. The van der Waals surface area contributed by atoms with Crippen molar-refractivity contribution in [1.82, 2.24) is 29.3 Å².